The van der Waals surface area contributed by atoms with Crippen molar-refractivity contribution in [3.8, 4) is 0 Å². The van der Waals surface area contributed by atoms with Crippen molar-refractivity contribution in [2.45, 2.75) is 30.7 Å². The van der Waals surface area contributed by atoms with Crippen LogP contribution in [0.2, 0.25) is 0 Å². The predicted molar refractivity (Wildman–Crippen MR) is 136 cm³/mol. The van der Waals surface area contributed by atoms with Crippen molar-refractivity contribution in [1.82, 2.24) is 9.80 Å². The van der Waals surface area contributed by atoms with Crippen molar-refractivity contribution in [2.24, 2.45) is 10.3 Å². The lowest BCUT2D eigenvalue weighted by Crippen LogP contribution is -2.44. The van der Waals surface area contributed by atoms with E-state index >= 15 is 0 Å². The van der Waals surface area contributed by atoms with Crippen LogP contribution in [0.4, 0.5) is 0 Å². The first-order valence-electron chi connectivity index (χ1n) is 12.1. The molecule has 0 atom stereocenters. The number of amidine groups is 1. The summed E-state index contributed by atoms with van der Waals surface area (Å²) in [4.78, 5) is 17.9. The standard InChI is InChI=1S/C28H29N3O3S/c32-28(31(21-23-11-5-2-6-12-23)18-15-22-9-3-1-4-10-22)24-16-19-30(20-17-24)27-25-13-7-8-14-26(25)35(33,34)29-27/h1-14,24H,15-21H2. The van der Waals surface area contributed by atoms with Crippen molar-refractivity contribution < 1.29 is 13.2 Å². The van der Waals surface area contributed by atoms with Gasteiger partial charge in [-0.2, -0.15) is 8.42 Å². The van der Waals surface area contributed by atoms with Gasteiger partial charge in [-0.05, 0) is 42.5 Å². The summed E-state index contributed by atoms with van der Waals surface area (Å²) in [5.41, 5.74) is 2.99. The summed E-state index contributed by atoms with van der Waals surface area (Å²) < 4.78 is 29.0. The molecular weight excluding hydrogens is 458 g/mol. The van der Waals surface area contributed by atoms with Crippen LogP contribution in [-0.2, 0) is 27.8 Å². The molecule has 2 heterocycles. The molecule has 3 aromatic rings. The largest absolute Gasteiger partial charge is 0.355 e. The molecule has 0 aliphatic carbocycles. The van der Waals surface area contributed by atoms with Gasteiger partial charge in [0.15, 0.2) is 5.84 Å². The molecule has 0 unspecified atom stereocenters. The summed E-state index contributed by atoms with van der Waals surface area (Å²) in [5, 5.41) is 0. The Hall–Kier alpha value is -3.45. The summed E-state index contributed by atoms with van der Waals surface area (Å²) in [6.07, 6.45) is 2.16. The van der Waals surface area contributed by atoms with E-state index < -0.39 is 10.0 Å². The maximum Gasteiger partial charge on any atom is 0.285 e. The van der Waals surface area contributed by atoms with E-state index in [1.165, 1.54) is 5.56 Å². The molecule has 0 saturated carbocycles. The SMILES string of the molecule is O=C(C1CCN(C2=NS(=O)(=O)c3ccccc32)CC1)N(CCc1ccccc1)Cc1ccccc1. The highest BCUT2D eigenvalue weighted by atomic mass is 32.2. The zero-order valence-corrected chi connectivity index (χ0v) is 20.4. The predicted octanol–water partition coefficient (Wildman–Crippen LogP) is 4.12. The minimum Gasteiger partial charge on any atom is -0.355 e. The zero-order chi connectivity index (χ0) is 24.3. The second-order valence-electron chi connectivity index (χ2n) is 9.13. The van der Waals surface area contributed by atoms with Gasteiger partial charge in [-0.1, -0.05) is 72.8 Å². The van der Waals surface area contributed by atoms with Crippen molar-refractivity contribution in [2.75, 3.05) is 19.6 Å². The molecule has 6 nitrogen and oxygen atoms in total. The Bertz CT molecular complexity index is 1320. The molecule has 1 fully saturated rings. The average Bonchev–Trinajstić information content (AvgIpc) is 3.18. The molecule has 35 heavy (non-hydrogen) atoms. The van der Waals surface area contributed by atoms with Crippen LogP contribution in [0.5, 0.6) is 0 Å². The lowest BCUT2D eigenvalue weighted by molar-refractivity contribution is -0.137. The first kappa shape index (κ1) is 23.3. The van der Waals surface area contributed by atoms with Crippen LogP contribution in [0.25, 0.3) is 0 Å². The first-order chi connectivity index (χ1) is 17.0. The molecule has 0 bridgehead atoms. The summed E-state index contributed by atoms with van der Waals surface area (Å²) in [6.45, 7) is 2.47. The number of carbonyl (C=O) groups is 1. The topological polar surface area (TPSA) is 70.0 Å². The third-order valence-electron chi connectivity index (χ3n) is 6.80. The third-order valence-corrected chi connectivity index (χ3v) is 8.12. The highest BCUT2D eigenvalue weighted by Gasteiger charge is 2.35. The highest BCUT2D eigenvalue weighted by Crippen LogP contribution is 2.30. The second-order valence-corrected chi connectivity index (χ2v) is 10.7. The summed E-state index contributed by atoms with van der Waals surface area (Å²) in [5.74, 6) is 0.599. The molecule has 2 aliphatic heterocycles. The first-order valence-corrected chi connectivity index (χ1v) is 13.5. The van der Waals surface area contributed by atoms with Crippen LogP contribution in [0.15, 0.2) is 94.2 Å². The van der Waals surface area contributed by atoms with Gasteiger partial charge in [0.25, 0.3) is 10.0 Å². The van der Waals surface area contributed by atoms with E-state index in [0.29, 0.717) is 50.4 Å². The number of benzene rings is 3. The lowest BCUT2D eigenvalue weighted by Gasteiger charge is -2.35. The number of rotatable bonds is 6. The van der Waals surface area contributed by atoms with E-state index in [9.17, 15) is 13.2 Å². The maximum atomic E-state index is 13.6. The fraction of sp³-hybridized carbons (Fsp3) is 0.286. The van der Waals surface area contributed by atoms with E-state index in [4.69, 9.17) is 0 Å². The minimum absolute atomic E-state index is 0.0837. The van der Waals surface area contributed by atoms with Gasteiger partial charge in [0.2, 0.25) is 5.91 Å². The number of amides is 1. The lowest BCUT2D eigenvalue weighted by atomic mass is 9.94. The number of hydrogen-bond acceptors (Lipinski definition) is 4. The van der Waals surface area contributed by atoms with E-state index in [2.05, 4.69) is 28.7 Å². The van der Waals surface area contributed by atoms with E-state index in [1.54, 1.807) is 18.2 Å². The van der Waals surface area contributed by atoms with Gasteiger partial charge >= 0.3 is 0 Å². The minimum atomic E-state index is -3.64. The molecular formula is C28H29N3O3S. The monoisotopic (exact) mass is 487 g/mol. The Balaban J connectivity index is 1.27. The van der Waals surface area contributed by atoms with Crippen LogP contribution in [0.3, 0.4) is 0 Å². The Morgan fingerprint density at radius 3 is 2.14 bits per heavy atom. The van der Waals surface area contributed by atoms with Crippen LogP contribution in [0.1, 0.15) is 29.5 Å². The van der Waals surface area contributed by atoms with Gasteiger partial charge in [0, 0.05) is 37.7 Å². The normalized spacial score (nSPS) is 17.0. The summed E-state index contributed by atoms with van der Waals surface area (Å²) in [6, 6.07) is 27.3. The van der Waals surface area contributed by atoms with Gasteiger partial charge in [-0.3, -0.25) is 4.79 Å². The zero-order valence-electron chi connectivity index (χ0n) is 19.6. The molecule has 0 aromatic heterocycles. The molecule has 5 rings (SSSR count). The number of piperidine rings is 1. The van der Waals surface area contributed by atoms with Gasteiger partial charge in [0.1, 0.15) is 4.90 Å². The fourth-order valence-corrected chi connectivity index (χ4v) is 6.12. The van der Waals surface area contributed by atoms with Gasteiger partial charge in [0.05, 0.1) is 0 Å². The molecule has 0 radical (unpaired) electrons. The van der Waals surface area contributed by atoms with Crippen LogP contribution < -0.4 is 0 Å². The third kappa shape index (κ3) is 5.15. The van der Waals surface area contributed by atoms with Crippen molar-refractivity contribution in [3.63, 3.8) is 0 Å². The summed E-state index contributed by atoms with van der Waals surface area (Å²) in [7, 11) is -3.64. The Morgan fingerprint density at radius 1 is 0.857 bits per heavy atom. The summed E-state index contributed by atoms with van der Waals surface area (Å²) >= 11 is 0. The number of sulfonamides is 1. The number of hydrogen-bond donors (Lipinski definition) is 0. The smallest absolute Gasteiger partial charge is 0.285 e. The highest BCUT2D eigenvalue weighted by molar-refractivity contribution is 7.90. The van der Waals surface area contributed by atoms with Crippen molar-refractivity contribution in [1.29, 1.82) is 0 Å². The van der Waals surface area contributed by atoms with Gasteiger partial charge in [-0.15, -0.1) is 4.40 Å². The number of likely N-dealkylation sites (tertiary alicyclic amines) is 1. The molecule has 7 heteroatoms. The second kappa shape index (κ2) is 10.0. The molecule has 1 saturated heterocycles. The Morgan fingerprint density at radius 2 is 1.46 bits per heavy atom. The van der Waals surface area contributed by atoms with E-state index in [1.807, 2.05) is 52.3 Å². The molecule has 0 spiro atoms. The van der Waals surface area contributed by atoms with E-state index in [0.717, 1.165) is 12.0 Å². The Labute approximate surface area is 207 Å². The number of carbonyl (C=O) groups excluding carboxylic acids is 1. The fourth-order valence-electron chi connectivity index (χ4n) is 4.89. The molecule has 180 valence electrons. The van der Waals surface area contributed by atoms with Gasteiger partial charge < -0.3 is 9.80 Å². The number of fused-ring (bicyclic) bond motifs is 1. The molecule has 3 aromatic carbocycles. The van der Waals surface area contributed by atoms with Crippen LogP contribution >= 0.6 is 0 Å². The molecule has 0 N–H and O–H groups in total. The van der Waals surface area contributed by atoms with Gasteiger partial charge in [-0.25, -0.2) is 0 Å². The molecule has 2 aliphatic rings. The van der Waals surface area contributed by atoms with Crippen molar-refractivity contribution in [3.05, 3.63) is 102 Å². The van der Waals surface area contributed by atoms with Crippen LogP contribution in [-0.4, -0.2) is 49.6 Å². The Kier molecular flexibility index (Phi) is 6.68. The van der Waals surface area contributed by atoms with Crippen molar-refractivity contribution >= 4 is 21.8 Å². The average molecular weight is 488 g/mol. The number of nitrogens with zero attached hydrogens (tertiary/aromatic N) is 3. The quantitative estimate of drug-likeness (QED) is 0.525. The molecule has 1 amide bonds. The maximum absolute atomic E-state index is 13.6. The van der Waals surface area contributed by atoms with E-state index in [-0.39, 0.29) is 16.7 Å². The van der Waals surface area contributed by atoms with Crippen LogP contribution in [0, 0.1) is 5.92 Å².